The Balaban J connectivity index is 3.25. The predicted molar refractivity (Wildman–Crippen MR) is 48.7 cm³/mol. The summed E-state index contributed by atoms with van der Waals surface area (Å²) in [6, 6.07) is 0. The monoisotopic (exact) mass is 206 g/mol. The molecule has 1 aromatic heterocycles. The van der Waals surface area contributed by atoms with Crippen molar-refractivity contribution in [2.24, 2.45) is 0 Å². The van der Waals surface area contributed by atoms with Gasteiger partial charge >= 0.3 is 0 Å². The average molecular weight is 207 g/mol. The summed E-state index contributed by atoms with van der Waals surface area (Å²) in [5, 5.41) is 3.86. The van der Waals surface area contributed by atoms with Gasteiger partial charge in [-0.15, -0.1) is 5.10 Å². The molecule has 5 heteroatoms. The second-order valence-corrected chi connectivity index (χ2v) is 4.05. The summed E-state index contributed by atoms with van der Waals surface area (Å²) in [6.45, 7) is 5.64. The van der Waals surface area contributed by atoms with Crippen LogP contribution in [0.2, 0.25) is 5.15 Å². The van der Waals surface area contributed by atoms with Crippen molar-refractivity contribution in [2.75, 3.05) is 7.11 Å². The van der Waals surface area contributed by atoms with Crippen molar-refractivity contribution < 1.29 is 9.13 Å². The van der Waals surface area contributed by atoms with Crippen LogP contribution in [0.1, 0.15) is 20.8 Å². The van der Waals surface area contributed by atoms with E-state index in [1.165, 1.54) is 11.8 Å². The van der Waals surface area contributed by atoms with Crippen LogP contribution in [-0.4, -0.2) is 16.9 Å². The first-order valence-electron chi connectivity index (χ1n) is 3.86. The van der Waals surface area contributed by atoms with Gasteiger partial charge in [-0.3, -0.25) is 0 Å². The van der Waals surface area contributed by atoms with Gasteiger partial charge in [-0.2, -0.15) is 4.39 Å². The minimum Gasteiger partial charge on any atom is -0.478 e. The number of halogens is 2. The van der Waals surface area contributed by atoms with Crippen LogP contribution in [0, 0.1) is 5.82 Å². The van der Waals surface area contributed by atoms with Crippen molar-refractivity contribution in [3.8, 4) is 5.88 Å². The molecule has 0 radical (unpaired) electrons. The van der Waals surface area contributed by atoms with E-state index >= 15 is 0 Å². The second kappa shape index (κ2) is 3.18. The van der Waals surface area contributed by atoms with Crippen LogP contribution in [0.15, 0.2) is 0 Å². The van der Waals surface area contributed by atoms with Crippen LogP contribution in [0.4, 0.5) is 4.39 Å². The van der Waals surface area contributed by atoms with Gasteiger partial charge in [0.15, 0.2) is 5.15 Å². The number of methoxy groups -OCH3 is 1. The summed E-state index contributed by atoms with van der Waals surface area (Å²) < 4.78 is 19.3. The van der Waals surface area contributed by atoms with Gasteiger partial charge in [-0.1, -0.05) is 11.6 Å². The van der Waals surface area contributed by atoms with E-state index < -0.39 is 5.82 Å². The summed E-state index contributed by atoms with van der Waals surface area (Å²) in [4.78, 5) is 0. The zero-order valence-electron chi connectivity index (χ0n) is 8.06. The van der Waals surface area contributed by atoms with E-state index in [1.807, 2.05) is 20.8 Å². The van der Waals surface area contributed by atoms with Gasteiger partial charge < -0.3 is 4.74 Å². The zero-order valence-corrected chi connectivity index (χ0v) is 8.81. The summed E-state index contributed by atoms with van der Waals surface area (Å²) >= 11 is 5.72. The Bertz CT molecular complexity index is 317. The van der Waals surface area contributed by atoms with E-state index in [0.717, 1.165) is 0 Å². The number of aromatic nitrogens is 2. The zero-order chi connectivity index (χ0) is 10.2. The van der Waals surface area contributed by atoms with Gasteiger partial charge in [0.1, 0.15) is 0 Å². The number of hydrogen-bond donors (Lipinski definition) is 0. The Hall–Kier alpha value is -0.770. The molecular weight excluding hydrogens is 195 g/mol. The molecule has 0 aliphatic rings. The number of nitrogens with zero attached hydrogens (tertiary/aromatic N) is 2. The topological polar surface area (TPSA) is 27.1 Å². The molecule has 1 aromatic rings. The lowest BCUT2D eigenvalue weighted by Crippen LogP contribution is -2.23. The highest BCUT2D eigenvalue weighted by Gasteiger charge is 2.24. The Labute approximate surface area is 81.4 Å². The number of hydrogen-bond acceptors (Lipinski definition) is 2. The smallest absolute Gasteiger partial charge is 0.270 e. The second-order valence-electron chi connectivity index (χ2n) is 3.70. The first kappa shape index (κ1) is 10.3. The maximum absolute atomic E-state index is 13.2. The molecule has 0 N–H and O–H groups in total. The largest absolute Gasteiger partial charge is 0.478 e. The van der Waals surface area contributed by atoms with E-state index in [2.05, 4.69) is 5.10 Å². The quantitative estimate of drug-likeness (QED) is 0.706. The van der Waals surface area contributed by atoms with Crippen LogP contribution in [0.3, 0.4) is 0 Å². The average Bonchev–Trinajstić information content (AvgIpc) is 2.28. The Morgan fingerprint density at radius 2 is 2.00 bits per heavy atom. The van der Waals surface area contributed by atoms with Gasteiger partial charge in [0.2, 0.25) is 5.82 Å². The summed E-state index contributed by atoms with van der Waals surface area (Å²) in [6.07, 6.45) is 0. The SMILES string of the molecule is COc1nn(C(C)(C)C)c(Cl)c1F. The lowest BCUT2D eigenvalue weighted by molar-refractivity contribution is 0.328. The van der Waals surface area contributed by atoms with Gasteiger partial charge in [0, 0.05) is 0 Å². The molecule has 0 amide bonds. The highest BCUT2D eigenvalue weighted by Crippen LogP contribution is 2.28. The Morgan fingerprint density at radius 3 is 2.23 bits per heavy atom. The third-order valence-electron chi connectivity index (χ3n) is 1.57. The van der Waals surface area contributed by atoms with Crippen molar-refractivity contribution >= 4 is 11.6 Å². The van der Waals surface area contributed by atoms with Crippen LogP contribution in [-0.2, 0) is 5.54 Å². The Morgan fingerprint density at radius 1 is 1.46 bits per heavy atom. The molecule has 74 valence electrons. The highest BCUT2D eigenvalue weighted by atomic mass is 35.5. The fraction of sp³-hybridized carbons (Fsp3) is 0.625. The Kier molecular flexibility index (Phi) is 2.52. The maximum atomic E-state index is 13.2. The predicted octanol–water partition coefficient (Wildman–Crippen LogP) is 2.44. The van der Waals surface area contributed by atoms with Crippen molar-refractivity contribution in [3.63, 3.8) is 0 Å². The molecule has 1 heterocycles. The van der Waals surface area contributed by atoms with Crippen molar-refractivity contribution in [3.05, 3.63) is 11.0 Å². The first-order valence-corrected chi connectivity index (χ1v) is 4.24. The molecule has 1 rings (SSSR count). The number of ether oxygens (including phenoxy) is 1. The molecule has 0 bridgehead atoms. The van der Waals surface area contributed by atoms with Crippen LogP contribution in [0.5, 0.6) is 5.88 Å². The maximum Gasteiger partial charge on any atom is 0.270 e. The molecule has 0 saturated carbocycles. The molecule has 3 nitrogen and oxygen atoms in total. The fourth-order valence-corrected chi connectivity index (χ4v) is 1.31. The summed E-state index contributed by atoms with van der Waals surface area (Å²) in [7, 11) is 1.36. The lowest BCUT2D eigenvalue weighted by Gasteiger charge is -2.19. The lowest BCUT2D eigenvalue weighted by atomic mass is 10.1. The van der Waals surface area contributed by atoms with Gasteiger partial charge in [-0.25, -0.2) is 4.68 Å². The normalized spacial score (nSPS) is 11.8. The van der Waals surface area contributed by atoms with Crippen LogP contribution >= 0.6 is 11.6 Å². The third-order valence-corrected chi connectivity index (χ3v) is 1.90. The summed E-state index contributed by atoms with van der Waals surface area (Å²) in [5.41, 5.74) is -0.352. The van der Waals surface area contributed by atoms with E-state index in [0.29, 0.717) is 0 Å². The molecule has 0 aliphatic carbocycles. The van der Waals surface area contributed by atoms with Crippen LogP contribution < -0.4 is 4.74 Å². The molecule has 0 spiro atoms. The van der Waals surface area contributed by atoms with E-state index in [1.54, 1.807) is 0 Å². The molecule has 0 aliphatic heterocycles. The van der Waals surface area contributed by atoms with E-state index in [4.69, 9.17) is 16.3 Å². The van der Waals surface area contributed by atoms with E-state index in [9.17, 15) is 4.39 Å². The summed E-state index contributed by atoms with van der Waals surface area (Å²) in [5.74, 6) is -0.681. The van der Waals surface area contributed by atoms with E-state index in [-0.39, 0.29) is 16.6 Å². The third kappa shape index (κ3) is 1.77. The van der Waals surface area contributed by atoms with Crippen molar-refractivity contribution in [1.82, 2.24) is 9.78 Å². The molecule has 0 unspecified atom stereocenters. The van der Waals surface area contributed by atoms with Crippen molar-refractivity contribution in [2.45, 2.75) is 26.3 Å². The fourth-order valence-electron chi connectivity index (χ4n) is 0.935. The first-order chi connectivity index (χ1) is 5.88. The minimum atomic E-state index is -0.612. The highest BCUT2D eigenvalue weighted by molar-refractivity contribution is 6.29. The molecule has 0 aromatic carbocycles. The van der Waals surface area contributed by atoms with Gasteiger partial charge in [0.05, 0.1) is 12.6 Å². The van der Waals surface area contributed by atoms with Crippen LogP contribution in [0.25, 0.3) is 0 Å². The van der Waals surface area contributed by atoms with Gasteiger partial charge in [0.25, 0.3) is 5.88 Å². The molecular formula is C8H12ClFN2O. The molecule has 0 saturated heterocycles. The van der Waals surface area contributed by atoms with Crippen molar-refractivity contribution in [1.29, 1.82) is 0 Å². The molecule has 0 fully saturated rings. The van der Waals surface area contributed by atoms with Gasteiger partial charge in [-0.05, 0) is 20.8 Å². The standard InChI is InChI=1S/C8H12ClFN2O/c1-8(2,3)12-6(9)5(10)7(11-12)13-4/h1-4H3. The number of rotatable bonds is 1. The minimum absolute atomic E-state index is 0.0237. The molecule has 13 heavy (non-hydrogen) atoms. The molecule has 0 atom stereocenters.